The van der Waals surface area contributed by atoms with Gasteiger partial charge in [-0.25, -0.2) is 9.59 Å². The number of aromatic amines is 1. The minimum atomic E-state index is -1.34. The number of carboxylic acids is 1. The van der Waals surface area contributed by atoms with Gasteiger partial charge in [-0.1, -0.05) is 13.8 Å². The summed E-state index contributed by atoms with van der Waals surface area (Å²) in [6.07, 6.45) is 1.83. The third kappa shape index (κ3) is 3.05. The third-order valence-electron chi connectivity index (χ3n) is 2.49. The quantitative estimate of drug-likeness (QED) is 0.815. The highest BCUT2D eigenvalue weighted by atomic mass is 16.4. The fourth-order valence-corrected chi connectivity index (χ4v) is 1.76. The lowest BCUT2D eigenvalue weighted by atomic mass is 10.1. The van der Waals surface area contributed by atoms with E-state index in [1.54, 1.807) is 0 Å². The van der Waals surface area contributed by atoms with Gasteiger partial charge in [0.05, 0.1) is 0 Å². The van der Waals surface area contributed by atoms with Crippen LogP contribution in [0.2, 0.25) is 0 Å². The van der Waals surface area contributed by atoms with Crippen LogP contribution in [-0.4, -0.2) is 20.6 Å². The molecule has 1 aromatic heterocycles. The Kier molecular flexibility index (Phi) is 3.88. The van der Waals surface area contributed by atoms with Gasteiger partial charge in [0, 0.05) is 12.2 Å². The van der Waals surface area contributed by atoms with E-state index in [1.165, 1.54) is 4.57 Å². The molecule has 0 radical (unpaired) electrons. The number of hydrogen-bond acceptors (Lipinski definition) is 3. The zero-order valence-corrected chi connectivity index (χ0v) is 10.1. The second-order valence-electron chi connectivity index (χ2n) is 4.49. The fraction of sp³-hybridized carbons (Fsp3) is 0.545. The first-order valence-electron chi connectivity index (χ1n) is 5.41. The molecule has 0 aromatic carbocycles. The largest absolute Gasteiger partial charge is 0.477 e. The van der Waals surface area contributed by atoms with Crippen molar-refractivity contribution in [3.05, 3.63) is 32.6 Å². The summed E-state index contributed by atoms with van der Waals surface area (Å²) < 4.78 is 1.25. The highest BCUT2D eigenvalue weighted by Gasteiger charge is 2.15. The Morgan fingerprint density at radius 2 is 2.00 bits per heavy atom. The Morgan fingerprint density at radius 1 is 1.41 bits per heavy atom. The van der Waals surface area contributed by atoms with Gasteiger partial charge < -0.3 is 5.11 Å². The van der Waals surface area contributed by atoms with Crippen molar-refractivity contribution in [2.24, 2.45) is 5.92 Å². The van der Waals surface area contributed by atoms with Crippen LogP contribution in [-0.2, 0) is 0 Å². The lowest BCUT2D eigenvalue weighted by Crippen LogP contribution is -2.35. The van der Waals surface area contributed by atoms with Crippen LogP contribution in [0, 0.1) is 5.92 Å². The van der Waals surface area contributed by atoms with Crippen molar-refractivity contribution in [1.82, 2.24) is 9.55 Å². The first-order chi connectivity index (χ1) is 7.82. The molecule has 0 aliphatic heterocycles. The minimum Gasteiger partial charge on any atom is -0.477 e. The van der Waals surface area contributed by atoms with Crippen LogP contribution in [0.5, 0.6) is 0 Å². The topological polar surface area (TPSA) is 92.2 Å². The van der Waals surface area contributed by atoms with Crippen LogP contribution in [0.25, 0.3) is 0 Å². The van der Waals surface area contributed by atoms with Gasteiger partial charge in [0.2, 0.25) is 0 Å². The molecule has 0 saturated carbocycles. The summed E-state index contributed by atoms with van der Waals surface area (Å²) in [5.41, 5.74) is -1.86. The van der Waals surface area contributed by atoms with Gasteiger partial charge in [-0.05, 0) is 19.3 Å². The molecule has 1 atom stereocenters. The molecular formula is C11H16N2O4. The van der Waals surface area contributed by atoms with Crippen LogP contribution < -0.4 is 11.2 Å². The van der Waals surface area contributed by atoms with Crippen LogP contribution in [0.3, 0.4) is 0 Å². The molecule has 6 nitrogen and oxygen atoms in total. The number of hydrogen-bond donors (Lipinski definition) is 2. The Bertz CT molecular complexity index is 527. The normalized spacial score (nSPS) is 12.7. The smallest absolute Gasteiger partial charge is 0.342 e. The number of aromatic carboxylic acids is 1. The van der Waals surface area contributed by atoms with Gasteiger partial charge in [0.25, 0.3) is 5.56 Å². The van der Waals surface area contributed by atoms with E-state index < -0.39 is 22.8 Å². The highest BCUT2D eigenvalue weighted by molar-refractivity contribution is 5.86. The van der Waals surface area contributed by atoms with Crippen LogP contribution >= 0.6 is 0 Å². The number of carboxylic acid groups (broad SMARTS) is 1. The van der Waals surface area contributed by atoms with E-state index in [-0.39, 0.29) is 6.04 Å². The summed E-state index contributed by atoms with van der Waals surface area (Å²) in [7, 11) is 0. The zero-order chi connectivity index (χ0) is 13.2. The van der Waals surface area contributed by atoms with Crippen LogP contribution in [0.4, 0.5) is 0 Å². The Morgan fingerprint density at radius 3 is 2.47 bits per heavy atom. The monoisotopic (exact) mass is 240 g/mol. The summed E-state index contributed by atoms with van der Waals surface area (Å²) in [4.78, 5) is 35.6. The van der Waals surface area contributed by atoms with Gasteiger partial charge in [0.15, 0.2) is 0 Å². The highest BCUT2D eigenvalue weighted by Crippen LogP contribution is 2.14. The van der Waals surface area contributed by atoms with Crippen molar-refractivity contribution >= 4 is 5.97 Å². The average molecular weight is 240 g/mol. The van der Waals surface area contributed by atoms with E-state index in [4.69, 9.17) is 5.11 Å². The average Bonchev–Trinajstić information content (AvgIpc) is 2.15. The van der Waals surface area contributed by atoms with Gasteiger partial charge in [-0.15, -0.1) is 0 Å². The van der Waals surface area contributed by atoms with Crippen LogP contribution in [0.1, 0.15) is 43.6 Å². The fourth-order valence-electron chi connectivity index (χ4n) is 1.76. The number of H-pyrrole nitrogens is 1. The van der Waals surface area contributed by atoms with Crippen molar-refractivity contribution < 1.29 is 9.90 Å². The molecule has 0 aliphatic carbocycles. The van der Waals surface area contributed by atoms with Gasteiger partial charge in [-0.2, -0.15) is 0 Å². The van der Waals surface area contributed by atoms with E-state index in [0.717, 1.165) is 12.6 Å². The standard InChI is InChI=1S/C11H16N2O4/c1-6(2)4-7(3)13-5-8(10(15)16)9(14)12-11(13)17/h5-7H,4H2,1-3H3,(H,15,16)(H,12,14,17). The number of carbonyl (C=O) groups is 1. The second kappa shape index (κ2) is 4.99. The number of nitrogens with zero attached hydrogens (tertiary/aromatic N) is 1. The zero-order valence-electron chi connectivity index (χ0n) is 10.1. The molecule has 0 amide bonds. The third-order valence-corrected chi connectivity index (χ3v) is 2.49. The predicted molar refractivity (Wildman–Crippen MR) is 62.4 cm³/mol. The molecule has 6 heteroatoms. The molecule has 1 rings (SSSR count). The minimum absolute atomic E-state index is 0.155. The molecule has 0 fully saturated rings. The van der Waals surface area contributed by atoms with E-state index >= 15 is 0 Å². The summed E-state index contributed by atoms with van der Waals surface area (Å²) in [5.74, 6) is -0.964. The van der Waals surface area contributed by atoms with E-state index in [9.17, 15) is 14.4 Å². The summed E-state index contributed by atoms with van der Waals surface area (Å²) in [6, 6.07) is -0.155. The molecule has 1 unspecified atom stereocenters. The first kappa shape index (κ1) is 13.2. The maximum atomic E-state index is 11.6. The summed E-state index contributed by atoms with van der Waals surface area (Å²) >= 11 is 0. The molecule has 0 bridgehead atoms. The molecule has 17 heavy (non-hydrogen) atoms. The summed E-state index contributed by atoms with van der Waals surface area (Å²) in [6.45, 7) is 5.82. The van der Waals surface area contributed by atoms with Gasteiger partial charge >= 0.3 is 11.7 Å². The van der Waals surface area contributed by atoms with Crippen molar-refractivity contribution in [1.29, 1.82) is 0 Å². The molecule has 0 saturated heterocycles. The number of aromatic nitrogens is 2. The Balaban J connectivity index is 3.25. The van der Waals surface area contributed by atoms with Crippen molar-refractivity contribution in [2.75, 3.05) is 0 Å². The summed E-state index contributed by atoms with van der Waals surface area (Å²) in [5, 5.41) is 8.81. The van der Waals surface area contributed by atoms with Crippen molar-refractivity contribution in [3.63, 3.8) is 0 Å². The van der Waals surface area contributed by atoms with Crippen molar-refractivity contribution in [3.8, 4) is 0 Å². The SMILES string of the molecule is CC(C)CC(C)n1cc(C(=O)O)c(=O)[nH]c1=O. The van der Waals surface area contributed by atoms with E-state index in [0.29, 0.717) is 5.92 Å². The molecular weight excluding hydrogens is 224 g/mol. The van der Waals surface area contributed by atoms with Gasteiger partial charge in [-0.3, -0.25) is 14.3 Å². The molecule has 1 heterocycles. The van der Waals surface area contributed by atoms with E-state index in [2.05, 4.69) is 0 Å². The predicted octanol–water partition coefficient (Wildman–Crippen LogP) is 0.842. The van der Waals surface area contributed by atoms with Gasteiger partial charge in [0.1, 0.15) is 5.56 Å². The lowest BCUT2D eigenvalue weighted by molar-refractivity contribution is 0.0693. The maximum absolute atomic E-state index is 11.6. The number of nitrogens with one attached hydrogen (secondary N) is 1. The van der Waals surface area contributed by atoms with E-state index in [1.807, 2.05) is 25.8 Å². The molecule has 1 aromatic rings. The van der Waals surface area contributed by atoms with Crippen LogP contribution in [0.15, 0.2) is 15.8 Å². The lowest BCUT2D eigenvalue weighted by Gasteiger charge is -2.16. The molecule has 0 spiro atoms. The first-order valence-corrected chi connectivity index (χ1v) is 5.41. The molecule has 2 N–H and O–H groups in total. The second-order valence-corrected chi connectivity index (χ2v) is 4.49. The maximum Gasteiger partial charge on any atom is 0.342 e. The Hall–Kier alpha value is -1.85. The molecule has 94 valence electrons. The Labute approximate surface area is 97.9 Å². The number of rotatable bonds is 4. The van der Waals surface area contributed by atoms with Crippen molar-refractivity contribution in [2.45, 2.75) is 33.2 Å². The molecule has 0 aliphatic rings.